The normalized spacial score (nSPS) is 11.0. The van der Waals surface area contributed by atoms with E-state index in [-0.39, 0.29) is 5.91 Å². The molecule has 0 saturated heterocycles. The van der Waals surface area contributed by atoms with Gasteiger partial charge in [0.05, 0.1) is 10.2 Å². The minimum absolute atomic E-state index is 0.0574. The van der Waals surface area contributed by atoms with Gasteiger partial charge in [-0.2, -0.15) is 0 Å². The number of benzene rings is 2. The third-order valence-electron chi connectivity index (χ3n) is 4.20. The molecule has 130 valence electrons. The van der Waals surface area contributed by atoms with Crippen LogP contribution in [0.25, 0.3) is 21.3 Å². The van der Waals surface area contributed by atoms with Crippen molar-refractivity contribution in [2.75, 3.05) is 5.32 Å². The largest absolute Gasteiger partial charge is 0.302 e. The molecule has 2 aromatic carbocycles. The molecule has 0 aliphatic heterocycles. The summed E-state index contributed by atoms with van der Waals surface area (Å²) < 4.78 is 1.10. The van der Waals surface area contributed by atoms with Crippen LogP contribution in [0.4, 0.5) is 5.13 Å². The molecule has 1 heterocycles. The first-order chi connectivity index (χ1) is 12.0. The number of fused-ring (bicyclic) bond motifs is 1. The summed E-state index contributed by atoms with van der Waals surface area (Å²) in [4.78, 5) is 16.5. The fourth-order valence-electron chi connectivity index (χ4n) is 3.02. The van der Waals surface area contributed by atoms with Crippen LogP contribution in [-0.2, 0) is 4.79 Å². The first-order valence-electron chi connectivity index (χ1n) is 8.84. The summed E-state index contributed by atoms with van der Waals surface area (Å²) in [7, 11) is 0. The summed E-state index contributed by atoms with van der Waals surface area (Å²) in [5.41, 5.74) is 5.86. The number of nitrogens with zero attached hydrogens (tertiary/aromatic N) is 1. The highest BCUT2D eigenvalue weighted by atomic mass is 32.1. The van der Waals surface area contributed by atoms with Crippen LogP contribution >= 0.6 is 11.3 Å². The number of carbonyl (C=O) groups excluding carboxylic acids is 1. The fraction of sp³-hybridized carbons (Fsp3) is 0.333. The second-order valence-electron chi connectivity index (χ2n) is 6.58. The number of aryl methyl sites for hydroxylation is 2. The molecule has 0 saturated carbocycles. The van der Waals surface area contributed by atoms with Crippen molar-refractivity contribution in [3.8, 4) is 11.1 Å². The van der Waals surface area contributed by atoms with Crippen molar-refractivity contribution in [2.45, 2.75) is 46.5 Å². The molecule has 1 N–H and O–H groups in total. The zero-order chi connectivity index (χ0) is 17.8. The average molecular weight is 353 g/mol. The van der Waals surface area contributed by atoms with Gasteiger partial charge >= 0.3 is 0 Å². The zero-order valence-electron chi connectivity index (χ0n) is 15.1. The Hall–Kier alpha value is -2.20. The van der Waals surface area contributed by atoms with Crippen LogP contribution in [0.1, 0.15) is 43.7 Å². The lowest BCUT2D eigenvalue weighted by Gasteiger charge is -2.05. The maximum Gasteiger partial charge on any atom is 0.226 e. The molecular formula is C21H24N2OS. The molecule has 0 radical (unpaired) electrons. The Balaban J connectivity index is 1.80. The number of anilines is 1. The van der Waals surface area contributed by atoms with Crippen molar-refractivity contribution in [3.05, 3.63) is 47.5 Å². The predicted octanol–water partition coefficient (Wildman–Crippen LogP) is 6.10. The van der Waals surface area contributed by atoms with Gasteiger partial charge in [0, 0.05) is 6.42 Å². The molecule has 1 amide bonds. The van der Waals surface area contributed by atoms with Gasteiger partial charge in [0.2, 0.25) is 5.91 Å². The molecule has 0 spiro atoms. The van der Waals surface area contributed by atoms with E-state index in [1.165, 1.54) is 33.6 Å². The second kappa shape index (κ2) is 7.79. The maximum absolute atomic E-state index is 12.0. The van der Waals surface area contributed by atoms with E-state index in [0.29, 0.717) is 11.6 Å². The first kappa shape index (κ1) is 17.6. The standard InChI is InChI=1S/C21H24N2OS/c1-4-5-6-7-20(24)23-21-22-18-9-8-16(13-19(18)25-21)17-11-14(2)10-15(3)12-17/h8-13H,4-7H2,1-3H3,(H,22,23,24). The van der Waals surface area contributed by atoms with Gasteiger partial charge in [-0.1, -0.05) is 66.5 Å². The monoisotopic (exact) mass is 352 g/mol. The first-order valence-corrected chi connectivity index (χ1v) is 9.66. The smallest absolute Gasteiger partial charge is 0.226 e. The predicted molar refractivity (Wildman–Crippen MR) is 107 cm³/mol. The third kappa shape index (κ3) is 4.45. The maximum atomic E-state index is 12.0. The minimum Gasteiger partial charge on any atom is -0.302 e. The molecule has 3 rings (SSSR count). The van der Waals surface area contributed by atoms with Gasteiger partial charge in [0.15, 0.2) is 5.13 Å². The van der Waals surface area contributed by atoms with Gasteiger partial charge in [-0.25, -0.2) is 4.98 Å². The summed E-state index contributed by atoms with van der Waals surface area (Å²) in [6.45, 7) is 6.38. The summed E-state index contributed by atoms with van der Waals surface area (Å²) >= 11 is 1.54. The zero-order valence-corrected chi connectivity index (χ0v) is 15.9. The van der Waals surface area contributed by atoms with E-state index in [2.05, 4.69) is 61.4 Å². The van der Waals surface area contributed by atoms with E-state index in [1.807, 2.05) is 6.07 Å². The van der Waals surface area contributed by atoms with Crippen LogP contribution in [0, 0.1) is 13.8 Å². The quantitative estimate of drug-likeness (QED) is 0.545. The third-order valence-corrected chi connectivity index (χ3v) is 5.13. The number of rotatable bonds is 6. The number of hydrogen-bond acceptors (Lipinski definition) is 3. The SMILES string of the molecule is CCCCCC(=O)Nc1nc2ccc(-c3cc(C)cc(C)c3)cc2s1. The number of amides is 1. The Kier molecular flexibility index (Phi) is 5.49. The summed E-state index contributed by atoms with van der Waals surface area (Å²) in [5, 5.41) is 3.63. The van der Waals surface area contributed by atoms with Crippen LogP contribution < -0.4 is 5.32 Å². The molecule has 0 bridgehead atoms. The van der Waals surface area contributed by atoms with E-state index in [9.17, 15) is 4.79 Å². The Morgan fingerprint density at radius 2 is 1.80 bits per heavy atom. The van der Waals surface area contributed by atoms with Crippen LogP contribution in [0.5, 0.6) is 0 Å². The second-order valence-corrected chi connectivity index (χ2v) is 7.61. The van der Waals surface area contributed by atoms with Crippen molar-refractivity contribution in [1.82, 2.24) is 4.98 Å². The van der Waals surface area contributed by atoms with Crippen LogP contribution in [-0.4, -0.2) is 10.9 Å². The molecule has 0 unspecified atom stereocenters. The lowest BCUT2D eigenvalue weighted by atomic mass is 10.0. The van der Waals surface area contributed by atoms with Gasteiger partial charge in [-0.3, -0.25) is 4.79 Å². The van der Waals surface area contributed by atoms with Crippen LogP contribution in [0.3, 0.4) is 0 Å². The molecule has 0 atom stereocenters. The number of nitrogens with one attached hydrogen (secondary N) is 1. The van der Waals surface area contributed by atoms with E-state index < -0.39 is 0 Å². The highest BCUT2D eigenvalue weighted by molar-refractivity contribution is 7.22. The number of aromatic nitrogens is 1. The number of hydrogen-bond donors (Lipinski definition) is 1. The van der Waals surface area contributed by atoms with E-state index in [4.69, 9.17) is 0 Å². The Morgan fingerprint density at radius 1 is 1.04 bits per heavy atom. The van der Waals surface area contributed by atoms with Crippen molar-refractivity contribution in [3.63, 3.8) is 0 Å². The molecular weight excluding hydrogens is 328 g/mol. The molecule has 3 nitrogen and oxygen atoms in total. The highest BCUT2D eigenvalue weighted by Crippen LogP contribution is 2.31. The number of carbonyl (C=O) groups is 1. The van der Waals surface area contributed by atoms with E-state index >= 15 is 0 Å². The van der Waals surface area contributed by atoms with Crippen molar-refractivity contribution < 1.29 is 4.79 Å². The Bertz CT molecular complexity index is 878. The average Bonchev–Trinajstić information content (AvgIpc) is 2.95. The van der Waals surface area contributed by atoms with Gasteiger partial charge in [-0.05, 0) is 43.5 Å². The number of unbranched alkanes of at least 4 members (excludes halogenated alkanes) is 2. The van der Waals surface area contributed by atoms with Gasteiger partial charge < -0.3 is 5.32 Å². The molecule has 1 aromatic heterocycles. The minimum atomic E-state index is 0.0574. The Labute approximate surface area is 153 Å². The number of thiazole rings is 1. The summed E-state index contributed by atoms with van der Waals surface area (Å²) in [6, 6.07) is 12.9. The van der Waals surface area contributed by atoms with Crippen molar-refractivity contribution in [2.24, 2.45) is 0 Å². The lowest BCUT2D eigenvalue weighted by molar-refractivity contribution is -0.116. The lowest BCUT2D eigenvalue weighted by Crippen LogP contribution is -2.10. The summed E-state index contributed by atoms with van der Waals surface area (Å²) in [6.07, 6.45) is 3.71. The van der Waals surface area contributed by atoms with Crippen LogP contribution in [0.15, 0.2) is 36.4 Å². The molecule has 0 aliphatic carbocycles. The summed E-state index contributed by atoms with van der Waals surface area (Å²) in [5.74, 6) is 0.0574. The van der Waals surface area contributed by atoms with Crippen molar-refractivity contribution in [1.29, 1.82) is 0 Å². The molecule has 4 heteroatoms. The van der Waals surface area contributed by atoms with Crippen molar-refractivity contribution >= 4 is 32.6 Å². The van der Waals surface area contributed by atoms with E-state index in [0.717, 1.165) is 29.5 Å². The van der Waals surface area contributed by atoms with Gasteiger partial charge in [0.1, 0.15) is 0 Å². The molecule has 0 fully saturated rings. The topological polar surface area (TPSA) is 42.0 Å². The van der Waals surface area contributed by atoms with Gasteiger partial charge in [0.25, 0.3) is 0 Å². The fourth-order valence-corrected chi connectivity index (χ4v) is 3.94. The molecule has 3 aromatic rings. The molecule has 25 heavy (non-hydrogen) atoms. The van der Waals surface area contributed by atoms with Crippen LogP contribution in [0.2, 0.25) is 0 Å². The van der Waals surface area contributed by atoms with Gasteiger partial charge in [-0.15, -0.1) is 0 Å². The van der Waals surface area contributed by atoms with E-state index in [1.54, 1.807) is 0 Å². The Morgan fingerprint density at radius 3 is 2.52 bits per heavy atom. The molecule has 0 aliphatic rings. The highest BCUT2D eigenvalue weighted by Gasteiger charge is 2.09.